The van der Waals surface area contributed by atoms with Gasteiger partial charge in [0.1, 0.15) is 16.9 Å². The molecule has 5 rings (SSSR count). The van der Waals surface area contributed by atoms with Gasteiger partial charge in [-0.3, -0.25) is 9.20 Å². The Morgan fingerprint density at radius 1 is 1.26 bits per heavy atom. The number of esters is 1. The van der Waals surface area contributed by atoms with Crippen molar-refractivity contribution >= 4 is 49.4 Å². The van der Waals surface area contributed by atoms with Crippen LogP contribution in [0.4, 0.5) is 0 Å². The molecule has 2 N–H and O–H groups in total. The molecule has 11 nitrogen and oxygen atoms in total. The topological polar surface area (TPSA) is 156 Å². The van der Waals surface area contributed by atoms with Crippen LogP contribution < -0.4 is 0 Å². The van der Waals surface area contributed by atoms with Gasteiger partial charge in [0.25, 0.3) is 0 Å². The summed E-state index contributed by atoms with van der Waals surface area (Å²) in [4.78, 5) is 44.0. The molecule has 1 saturated heterocycles. The Kier molecular flexibility index (Phi) is 6.20. The highest BCUT2D eigenvalue weighted by Crippen LogP contribution is 2.60. The zero-order chi connectivity index (χ0) is 27.6. The van der Waals surface area contributed by atoms with Crippen LogP contribution in [0.3, 0.4) is 0 Å². The average molecular weight is 560 g/mol. The van der Waals surface area contributed by atoms with E-state index in [1.54, 1.807) is 43.5 Å². The van der Waals surface area contributed by atoms with Crippen molar-refractivity contribution in [1.82, 2.24) is 14.3 Å². The van der Waals surface area contributed by atoms with Crippen LogP contribution in [-0.4, -0.2) is 75.8 Å². The lowest BCUT2D eigenvalue weighted by molar-refractivity contribution is -0.167. The summed E-state index contributed by atoms with van der Waals surface area (Å²) in [5, 5.41) is 20.5. The fourth-order valence-electron chi connectivity index (χ4n) is 5.49. The molecule has 0 spiro atoms. The number of thiazole rings is 1. The molecule has 4 heterocycles. The summed E-state index contributed by atoms with van der Waals surface area (Å²) in [5.74, 6) is -3.23. The highest BCUT2D eigenvalue weighted by molar-refractivity contribution is 7.91. The number of carbonyl (C=O) groups excluding carboxylic acids is 2. The minimum absolute atomic E-state index is 0.0773. The lowest BCUT2D eigenvalue weighted by Gasteiger charge is -2.50. The van der Waals surface area contributed by atoms with Gasteiger partial charge in [-0.1, -0.05) is 25.1 Å². The Morgan fingerprint density at radius 2 is 1.95 bits per heavy atom. The van der Waals surface area contributed by atoms with Crippen molar-refractivity contribution in [1.29, 1.82) is 0 Å². The molecule has 0 aliphatic carbocycles. The molecule has 38 heavy (non-hydrogen) atoms. The third-order valence-corrected chi connectivity index (χ3v) is 9.46. The number of benzene rings is 1. The van der Waals surface area contributed by atoms with Crippen molar-refractivity contribution in [3.05, 3.63) is 59.0 Å². The summed E-state index contributed by atoms with van der Waals surface area (Å²) < 4.78 is 31.5. The van der Waals surface area contributed by atoms with E-state index in [-0.39, 0.29) is 23.8 Å². The van der Waals surface area contributed by atoms with Crippen LogP contribution in [0, 0.1) is 11.3 Å². The summed E-state index contributed by atoms with van der Waals surface area (Å²) in [6.07, 6.45) is 3.07. The Labute approximate surface area is 221 Å². The monoisotopic (exact) mass is 559 g/mol. The van der Waals surface area contributed by atoms with Crippen LogP contribution in [0.15, 0.2) is 53.6 Å². The van der Waals surface area contributed by atoms with E-state index in [0.29, 0.717) is 20.8 Å². The maximum atomic E-state index is 13.0. The highest BCUT2D eigenvalue weighted by Gasteiger charge is 2.66. The van der Waals surface area contributed by atoms with Crippen LogP contribution in [0.2, 0.25) is 0 Å². The van der Waals surface area contributed by atoms with Gasteiger partial charge in [0.05, 0.1) is 35.1 Å². The van der Waals surface area contributed by atoms with Crippen molar-refractivity contribution < 1.29 is 37.8 Å². The van der Waals surface area contributed by atoms with Crippen molar-refractivity contribution in [2.45, 2.75) is 37.4 Å². The number of carboxylic acid groups (broad SMARTS) is 1. The Balaban J connectivity index is 1.58. The van der Waals surface area contributed by atoms with Crippen LogP contribution >= 0.6 is 11.3 Å². The molecule has 2 aliphatic rings. The molecular weight excluding hydrogens is 534 g/mol. The number of hydrogen-bond acceptors (Lipinski definition) is 9. The molecule has 1 unspecified atom stereocenters. The predicted octanol–water partition coefficient (Wildman–Crippen LogP) is 2.07. The van der Waals surface area contributed by atoms with Gasteiger partial charge in [0.2, 0.25) is 5.91 Å². The third kappa shape index (κ3) is 3.92. The number of amides is 1. The average Bonchev–Trinajstić information content (AvgIpc) is 3.47. The van der Waals surface area contributed by atoms with Gasteiger partial charge in [-0.2, -0.15) is 0 Å². The maximum Gasteiger partial charge on any atom is 0.352 e. The number of ether oxygens (including phenoxy) is 1. The molecule has 0 bridgehead atoms. The molecule has 1 amide bonds. The second-order valence-electron chi connectivity index (χ2n) is 9.75. The van der Waals surface area contributed by atoms with E-state index in [1.165, 1.54) is 22.6 Å². The predicted molar refractivity (Wildman–Crippen MR) is 136 cm³/mol. The van der Waals surface area contributed by atoms with Crippen molar-refractivity contribution in [3.63, 3.8) is 0 Å². The molecule has 2 aromatic heterocycles. The molecular formula is C25H25N3O8S2. The molecule has 13 heteroatoms. The number of imidazole rings is 1. The summed E-state index contributed by atoms with van der Waals surface area (Å²) in [6, 6.07) is 7.72. The lowest BCUT2D eigenvalue weighted by atomic mass is 9.65. The fraction of sp³-hybridized carbons (Fsp3) is 0.360. The first-order chi connectivity index (χ1) is 17.9. The number of β-lactam (4-membered cyclic amide) rings is 1. The van der Waals surface area contributed by atoms with Gasteiger partial charge in [0, 0.05) is 23.4 Å². The summed E-state index contributed by atoms with van der Waals surface area (Å²) >= 11 is 1.05. The number of carboxylic acids is 1. The number of rotatable bonds is 8. The zero-order valence-corrected chi connectivity index (χ0v) is 22.3. The first-order valence-corrected chi connectivity index (χ1v) is 14.5. The van der Waals surface area contributed by atoms with Gasteiger partial charge < -0.3 is 19.8 Å². The van der Waals surface area contributed by atoms with Gasteiger partial charge >= 0.3 is 11.9 Å². The number of hydrogen-bond donors (Lipinski definition) is 2. The fourth-order valence-corrected chi connectivity index (χ4v) is 7.88. The third-order valence-electron chi connectivity index (χ3n) is 7.21. The Bertz CT molecular complexity index is 1610. The number of fused-ring (bicyclic) bond motifs is 2. The normalized spacial score (nSPS) is 23.9. The van der Waals surface area contributed by atoms with Gasteiger partial charge in [-0.25, -0.2) is 23.0 Å². The SMILES string of the molecule is C[C@@H](O)[C@H]1C(=O)N2C(C(=O)O)=C(c3cn4cnc(S(C)(=O)=O)c4s3)C(C)(CCOC(=O)c3ccccc3)[C@@H]12. The minimum atomic E-state index is -3.65. The first-order valence-electron chi connectivity index (χ1n) is 11.7. The van der Waals surface area contributed by atoms with Crippen molar-refractivity contribution in [2.75, 3.05) is 12.9 Å². The van der Waals surface area contributed by atoms with E-state index >= 15 is 0 Å². The quantitative estimate of drug-likeness (QED) is 0.312. The number of aliphatic hydroxyl groups excluding tert-OH is 1. The van der Waals surface area contributed by atoms with Crippen molar-refractivity contribution in [2.24, 2.45) is 11.3 Å². The van der Waals surface area contributed by atoms with Crippen molar-refractivity contribution in [3.8, 4) is 0 Å². The number of nitrogens with zero attached hydrogens (tertiary/aromatic N) is 3. The number of aliphatic hydroxyl groups is 1. The highest BCUT2D eigenvalue weighted by atomic mass is 32.2. The number of aliphatic carboxylic acids is 1. The van der Waals surface area contributed by atoms with Crippen LogP contribution in [-0.2, 0) is 24.2 Å². The number of carbonyl (C=O) groups is 3. The van der Waals surface area contributed by atoms with Crippen LogP contribution in [0.5, 0.6) is 0 Å². The standard InChI is InChI=1S/C25H25N3O8S2/c1-13(29)16-19-25(2,9-10-36-24(33)14-7-5-4-6-8-14)17(18(23(31)32)28(19)21(16)30)15-11-27-12-26-20(22(27)37-15)38(3,34)35/h4-8,11-13,16,19,29H,9-10H2,1-3H3,(H,31,32)/t13-,16-,19-,25?/m1/s1. The van der Waals surface area contributed by atoms with Gasteiger partial charge in [-0.15, -0.1) is 11.3 Å². The largest absolute Gasteiger partial charge is 0.477 e. The van der Waals surface area contributed by atoms with E-state index in [2.05, 4.69) is 4.98 Å². The molecule has 1 fully saturated rings. The summed E-state index contributed by atoms with van der Waals surface area (Å²) in [7, 11) is -3.65. The number of aromatic nitrogens is 2. The minimum Gasteiger partial charge on any atom is -0.477 e. The van der Waals surface area contributed by atoms with Crippen LogP contribution in [0.1, 0.15) is 35.5 Å². The Hall–Kier alpha value is -3.55. The lowest BCUT2D eigenvalue weighted by Crippen LogP contribution is -2.66. The molecule has 3 aromatic rings. The molecule has 200 valence electrons. The zero-order valence-electron chi connectivity index (χ0n) is 20.7. The first kappa shape index (κ1) is 26.1. The second kappa shape index (κ2) is 9.03. The molecule has 1 aromatic carbocycles. The number of sulfone groups is 1. The van der Waals surface area contributed by atoms with Gasteiger partial charge in [0.15, 0.2) is 14.9 Å². The molecule has 4 atom stereocenters. The second-order valence-corrected chi connectivity index (χ2v) is 12.7. The van der Waals surface area contributed by atoms with Gasteiger partial charge in [-0.05, 0) is 25.5 Å². The molecule has 0 radical (unpaired) electrons. The van der Waals surface area contributed by atoms with E-state index in [9.17, 15) is 33.0 Å². The molecule has 0 saturated carbocycles. The molecule has 2 aliphatic heterocycles. The van der Waals surface area contributed by atoms with E-state index < -0.39 is 51.2 Å². The smallest absolute Gasteiger partial charge is 0.352 e. The van der Waals surface area contributed by atoms with E-state index in [4.69, 9.17) is 4.74 Å². The Morgan fingerprint density at radius 3 is 2.55 bits per heavy atom. The van der Waals surface area contributed by atoms with E-state index in [0.717, 1.165) is 17.6 Å². The van der Waals surface area contributed by atoms with Crippen LogP contribution in [0.25, 0.3) is 10.4 Å². The summed E-state index contributed by atoms with van der Waals surface area (Å²) in [5.41, 5.74) is -0.591. The maximum absolute atomic E-state index is 13.0. The van der Waals surface area contributed by atoms with E-state index in [1.807, 2.05) is 0 Å². The summed E-state index contributed by atoms with van der Waals surface area (Å²) in [6.45, 7) is 3.18.